The van der Waals surface area contributed by atoms with Gasteiger partial charge in [0.25, 0.3) is 0 Å². The van der Waals surface area contributed by atoms with E-state index in [1.165, 1.54) is 22.5 Å². The van der Waals surface area contributed by atoms with Crippen molar-refractivity contribution in [1.82, 2.24) is 9.78 Å². The van der Waals surface area contributed by atoms with Crippen molar-refractivity contribution < 1.29 is 0 Å². The molecule has 2 N–H and O–H groups in total. The minimum Gasteiger partial charge on any atom is -0.366 e. The number of rotatable bonds is 5. The van der Waals surface area contributed by atoms with Crippen LogP contribution in [0.2, 0.25) is 0 Å². The van der Waals surface area contributed by atoms with Crippen molar-refractivity contribution in [1.29, 1.82) is 0 Å². The number of aryl methyl sites for hydroxylation is 2. The average Bonchev–Trinajstić information content (AvgIpc) is 3.01. The van der Waals surface area contributed by atoms with E-state index >= 15 is 0 Å². The smallest absolute Gasteiger partial charge is 0.0671 e. The Morgan fingerprint density at radius 3 is 2.90 bits per heavy atom. The second kappa shape index (κ2) is 5.90. The standard InChI is InChI=1S/C17H24N4/c1-3-16-14(10-20(2)19-16)12-21-11-13(8-9-18)15-6-4-5-7-17(15)21/h4-7,10,13H,3,8-9,11-12,18H2,1-2H3. The maximum Gasteiger partial charge on any atom is 0.0671 e. The molecule has 21 heavy (non-hydrogen) atoms. The highest BCUT2D eigenvalue weighted by molar-refractivity contribution is 5.60. The number of aromatic nitrogens is 2. The number of nitrogens with zero attached hydrogens (tertiary/aromatic N) is 3. The predicted octanol–water partition coefficient (Wildman–Crippen LogP) is 2.44. The van der Waals surface area contributed by atoms with E-state index in [0.717, 1.165) is 32.5 Å². The van der Waals surface area contributed by atoms with Crippen LogP contribution in [0.15, 0.2) is 30.5 Å². The molecule has 0 aliphatic carbocycles. The normalized spacial score (nSPS) is 17.3. The second-order valence-electron chi connectivity index (χ2n) is 5.84. The fraction of sp³-hybridized carbons (Fsp3) is 0.471. The fourth-order valence-electron chi connectivity index (χ4n) is 3.40. The molecule has 112 valence electrons. The summed E-state index contributed by atoms with van der Waals surface area (Å²) in [6.45, 7) is 4.92. The van der Waals surface area contributed by atoms with Crippen LogP contribution in [0.3, 0.4) is 0 Å². The minimum absolute atomic E-state index is 0.563. The third-order valence-electron chi connectivity index (χ3n) is 4.36. The zero-order valence-corrected chi connectivity index (χ0v) is 12.9. The van der Waals surface area contributed by atoms with E-state index in [1.54, 1.807) is 0 Å². The van der Waals surface area contributed by atoms with Crippen LogP contribution in [0, 0.1) is 0 Å². The molecule has 0 bridgehead atoms. The molecule has 1 atom stereocenters. The van der Waals surface area contributed by atoms with Crippen LogP contribution in [-0.4, -0.2) is 22.9 Å². The van der Waals surface area contributed by atoms with Gasteiger partial charge in [-0.3, -0.25) is 4.68 Å². The van der Waals surface area contributed by atoms with Gasteiger partial charge in [-0.25, -0.2) is 0 Å². The number of para-hydroxylation sites is 1. The molecule has 0 fully saturated rings. The summed E-state index contributed by atoms with van der Waals surface area (Å²) in [5, 5.41) is 4.55. The van der Waals surface area contributed by atoms with Crippen molar-refractivity contribution in [2.45, 2.75) is 32.2 Å². The van der Waals surface area contributed by atoms with Gasteiger partial charge in [-0.15, -0.1) is 0 Å². The SMILES string of the molecule is CCc1nn(C)cc1CN1CC(CCN)c2ccccc21. The quantitative estimate of drug-likeness (QED) is 0.917. The first kappa shape index (κ1) is 14.1. The summed E-state index contributed by atoms with van der Waals surface area (Å²) in [7, 11) is 2.00. The summed E-state index contributed by atoms with van der Waals surface area (Å²) in [5.74, 6) is 0.563. The van der Waals surface area contributed by atoms with Gasteiger partial charge >= 0.3 is 0 Å². The van der Waals surface area contributed by atoms with Crippen molar-refractivity contribution >= 4 is 5.69 Å². The van der Waals surface area contributed by atoms with Crippen LogP contribution < -0.4 is 10.6 Å². The number of anilines is 1. The lowest BCUT2D eigenvalue weighted by Gasteiger charge is -2.19. The Balaban J connectivity index is 1.86. The van der Waals surface area contributed by atoms with Crippen LogP contribution in [0.5, 0.6) is 0 Å². The molecule has 4 nitrogen and oxygen atoms in total. The number of hydrogen-bond acceptors (Lipinski definition) is 3. The van der Waals surface area contributed by atoms with Crippen molar-refractivity contribution in [3.63, 3.8) is 0 Å². The van der Waals surface area contributed by atoms with Gasteiger partial charge in [0.1, 0.15) is 0 Å². The lowest BCUT2D eigenvalue weighted by molar-refractivity contribution is 0.643. The molecule has 1 aliphatic rings. The minimum atomic E-state index is 0.563. The summed E-state index contributed by atoms with van der Waals surface area (Å²) in [6.07, 6.45) is 4.19. The number of nitrogens with two attached hydrogens (primary N) is 1. The summed E-state index contributed by atoms with van der Waals surface area (Å²) >= 11 is 0. The lowest BCUT2D eigenvalue weighted by atomic mass is 9.98. The van der Waals surface area contributed by atoms with Crippen molar-refractivity contribution in [3.05, 3.63) is 47.3 Å². The molecule has 1 unspecified atom stereocenters. The number of benzene rings is 1. The van der Waals surface area contributed by atoms with Gasteiger partial charge in [0.05, 0.1) is 5.69 Å². The Morgan fingerprint density at radius 2 is 2.14 bits per heavy atom. The molecule has 2 heterocycles. The molecule has 0 amide bonds. The maximum atomic E-state index is 5.78. The Morgan fingerprint density at radius 1 is 1.33 bits per heavy atom. The molecule has 0 saturated heterocycles. The molecule has 0 spiro atoms. The van der Waals surface area contributed by atoms with E-state index in [2.05, 4.69) is 47.4 Å². The van der Waals surface area contributed by atoms with Gasteiger partial charge in [0.15, 0.2) is 0 Å². The van der Waals surface area contributed by atoms with E-state index < -0.39 is 0 Å². The Hall–Kier alpha value is -1.81. The highest BCUT2D eigenvalue weighted by atomic mass is 15.3. The largest absolute Gasteiger partial charge is 0.366 e. The zero-order valence-electron chi connectivity index (χ0n) is 12.9. The molecular formula is C17H24N4. The van der Waals surface area contributed by atoms with E-state index in [0.29, 0.717) is 5.92 Å². The van der Waals surface area contributed by atoms with E-state index in [9.17, 15) is 0 Å². The number of fused-ring (bicyclic) bond motifs is 1. The summed E-state index contributed by atoms with van der Waals surface area (Å²) < 4.78 is 1.92. The molecule has 0 radical (unpaired) electrons. The van der Waals surface area contributed by atoms with Crippen LogP contribution in [0.4, 0.5) is 5.69 Å². The molecule has 1 aromatic heterocycles. The Bertz CT molecular complexity index is 617. The highest BCUT2D eigenvalue weighted by Crippen LogP contribution is 2.38. The van der Waals surface area contributed by atoms with Crippen molar-refractivity contribution in [2.75, 3.05) is 18.0 Å². The van der Waals surface area contributed by atoms with Gasteiger partial charge in [-0.2, -0.15) is 5.10 Å². The molecular weight excluding hydrogens is 260 g/mol. The highest BCUT2D eigenvalue weighted by Gasteiger charge is 2.28. The lowest BCUT2D eigenvalue weighted by Crippen LogP contribution is -2.22. The molecule has 0 saturated carbocycles. The van der Waals surface area contributed by atoms with Gasteiger partial charge in [-0.1, -0.05) is 25.1 Å². The third-order valence-corrected chi connectivity index (χ3v) is 4.36. The summed E-state index contributed by atoms with van der Waals surface area (Å²) in [4.78, 5) is 2.48. The van der Waals surface area contributed by atoms with Gasteiger partial charge in [0.2, 0.25) is 0 Å². The third kappa shape index (κ3) is 2.68. The van der Waals surface area contributed by atoms with Crippen LogP contribution in [0.25, 0.3) is 0 Å². The number of hydrogen-bond donors (Lipinski definition) is 1. The summed E-state index contributed by atoms with van der Waals surface area (Å²) in [6, 6.07) is 8.74. The van der Waals surface area contributed by atoms with E-state index in [1.807, 2.05) is 11.7 Å². The van der Waals surface area contributed by atoms with Crippen LogP contribution in [0.1, 0.15) is 36.1 Å². The molecule has 4 heteroatoms. The van der Waals surface area contributed by atoms with E-state index in [4.69, 9.17) is 5.73 Å². The first-order chi connectivity index (χ1) is 10.2. The zero-order chi connectivity index (χ0) is 14.8. The van der Waals surface area contributed by atoms with Gasteiger partial charge in [-0.05, 0) is 31.0 Å². The Labute approximate surface area is 126 Å². The monoisotopic (exact) mass is 284 g/mol. The topological polar surface area (TPSA) is 47.1 Å². The predicted molar refractivity (Wildman–Crippen MR) is 86.5 cm³/mol. The van der Waals surface area contributed by atoms with Crippen LogP contribution in [-0.2, 0) is 20.0 Å². The molecule has 1 aromatic carbocycles. The van der Waals surface area contributed by atoms with Gasteiger partial charge < -0.3 is 10.6 Å². The maximum absolute atomic E-state index is 5.78. The second-order valence-corrected chi connectivity index (χ2v) is 5.84. The fourth-order valence-corrected chi connectivity index (χ4v) is 3.40. The van der Waals surface area contributed by atoms with Crippen molar-refractivity contribution in [2.24, 2.45) is 12.8 Å². The van der Waals surface area contributed by atoms with Crippen LogP contribution >= 0.6 is 0 Å². The molecule has 2 aromatic rings. The molecule has 1 aliphatic heterocycles. The average molecular weight is 284 g/mol. The summed E-state index contributed by atoms with van der Waals surface area (Å²) in [5.41, 5.74) is 11.1. The first-order valence-corrected chi connectivity index (χ1v) is 7.78. The Kier molecular flexibility index (Phi) is 3.97. The molecule has 3 rings (SSSR count). The first-order valence-electron chi connectivity index (χ1n) is 7.78. The van der Waals surface area contributed by atoms with Gasteiger partial charge in [0, 0.05) is 43.5 Å². The van der Waals surface area contributed by atoms with E-state index in [-0.39, 0.29) is 0 Å². The van der Waals surface area contributed by atoms with Crippen molar-refractivity contribution in [3.8, 4) is 0 Å².